The maximum absolute atomic E-state index is 13.7. The second-order valence-electron chi connectivity index (χ2n) is 10.4. The molecule has 3 aromatic rings. The summed E-state index contributed by atoms with van der Waals surface area (Å²) >= 11 is 6.19. The number of benzene rings is 3. The summed E-state index contributed by atoms with van der Waals surface area (Å²) in [5.74, 6) is 1.07. The molecule has 2 heterocycles. The van der Waals surface area contributed by atoms with Gasteiger partial charge in [-0.05, 0) is 72.5 Å². The Labute approximate surface area is 233 Å². The van der Waals surface area contributed by atoms with Crippen LogP contribution in [0.25, 0.3) is 0 Å². The Bertz CT molecular complexity index is 1500. The molecule has 0 spiro atoms. The molecule has 206 valence electrons. The van der Waals surface area contributed by atoms with Crippen LogP contribution in [0.1, 0.15) is 42.1 Å². The van der Waals surface area contributed by atoms with Gasteiger partial charge in [-0.1, -0.05) is 35.9 Å². The van der Waals surface area contributed by atoms with Crippen LogP contribution in [-0.2, 0) is 26.8 Å². The number of methoxy groups -OCH3 is 1. The van der Waals surface area contributed by atoms with E-state index in [1.165, 1.54) is 4.31 Å². The van der Waals surface area contributed by atoms with E-state index in [2.05, 4.69) is 0 Å². The van der Waals surface area contributed by atoms with Crippen LogP contribution in [0.4, 0.5) is 5.69 Å². The third-order valence-electron chi connectivity index (χ3n) is 7.16. The number of rotatable bonds is 7. The minimum absolute atomic E-state index is 0.00490. The van der Waals surface area contributed by atoms with Crippen LogP contribution >= 0.6 is 11.6 Å². The van der Waals surface area contributed by atoms with E-state index >= 15 is 0 Å². The van der Waals surface area contributed by atoms with Crippen molar-refractivity contribution < 1.29 is 27.8 Å². The average molecular weight is 571 g/mol. The summed E-state index contributed by atoms with van der Waals surface area (Å²) in [5, 5.41) is 11.6. The molecule has 5 rings (SSSR count). The van der Waals surface area contributed by atoms with Crippen molar-refractivity contribution in [2.75, 3.05) is 31.4 Å². The lowest BCUT2D eigenvalue weighted by Crippen LogP contribution is -2.60. The normalized spacial score (nSPS) is 19.0. The Morgan fingerprint density at radius 3 is 2.23 bits per heavy atom. The van der Waals surface area contributed by atoms with Gasteiger partial charge in [0, 0.05) is 23.8 Å². The van der Waals surface area contributed by atoms with Crippen molar-refractivity contribution in [3.05, 3.63) is 87.9 Å². The predicted molar refractivity (Wildman–Crippen MR) is 150 cm³/mol. The summed E-state index contributed by atoms with van der Waals surface area (Å²) in [5.41, 5.74) is 2.62. The fourth-order valence-corrected chi connectivity index (χ4v) is 6.24. The van der Waals surface area contributed by atoms with Crippen LogP contribution in [0.2, 0.25) is 5.02 Å². The fraction of sp³-hybridized carbons (Fsp3) is 0.345. The molecule has 2 aliphatic rings. The first kappa shape index (κ1) is 27.5. The number of halogens is 1. The molecular formula is C29H31ClN2O6S. The molecule has 0 aromatic heterocycles. The molecule has 1 saturated heterocycles. The Morgan fingerprint density at radius 1 is 1.03 bits per heavy atom. The minimum Gasteiger partial charge on any atom is -0.493 e. The number of hydrogen-bond acceptors (Lipinski definition) is 6. The Kier molecular flexibility index (Phi) is 7.13. The van der Waals surface area contributed by atoms with E-state index in [1.54, 1.807) is 48.4 Å². The molecule has 1 amide bonds. The largest absolute Gasteiger partial charge is 0.493 e. The second kappa shape index (κ2) is 10.1. The first-order valence-electron chi connectivity index (χ1n) is 12.6. The molecule has 0 radical (unpaired) electrons. The number of sulfonamides is 1. The van der Waals surface area contributed by atoms with E-state index in [-0.39, 0.29) is 31.5 Å². The lowest BCUT2D eigenvalue weighted by Gasteiger charge is -2.45. The Morgan fingerprint density at radius 2 is 1.67 bits per heavy atom. The SMILES string of the molecule is COc1cc2c(cc1OC(C)C)C(c1ccc(Cl)cc1)N(c1ccc(C3(O)CN(S(C)(=O)=O)C3)cc1)C(=O)C2. The molecule has 10 heteroatoms. The highest BCUT2D eigenvalue weighted by Crippen LogP contribution is 2.44. The van der Waals surface area contributed by atoms with Gasteiger partial charge in [-0.25, -0.2) is 8.42 Å². The molecule has 1 N–H and O–H groups in total. The molecule has 0 bridgehead atoms. The minimum atomic E-state index is -3.37. The van der Waals surface area contributed by atoms with Crippen molar-refractivity contribution in [3.8, 4) is 11.5 Å². The lowest BCUT2D eigenvalue weighted by molar-refractivity contribution is -0.118. The zero-order valence-corrected chi connectivity index (χ0v) is 23.8. The van der Waals surface area contributed by atoms with Gasteiger partial charge >= 0.3 is 0 Å². The van der Waals surface area contributed by atoms with Gasteiger partial charge < -0.3 is 19.5 Å². The maximum atomic E-state index is 13.7. The summed E-state index contributed by atoms with van der Waals surface area (Å²) in [4.78, 5) is 15.4. The number of β-amino-alcohol motifs (C(OH)–C–C–N with tert-alkyl or cyclic N) is 1. The number of carbonyl (C=O) groups is 1. The monoisotopic (exact) mass is 570 g/mol. The van der Waals surface area contributed by atoms with Gasteiger partial charge in [-0.3, -0.25) is 4.79 Å². The zero-order chi connectivity index (χ0) is 28.1. The van der Waals surface area contributed by atoms with E-state index < -0.39 is 21.7 Å². The smallest absolute Gasteiger partial charge is 0.232 e. The molecule has 0 saturated carbocycles. The molecule has 1 fully saturated rings. The fourth-order valence-electron chi connectivity index (χ4n) is 5.22. The molecule has 1 unspecified atom stereocenters. The van der Waals surface area contributed by atoms with Gasteiger partial charge in [-0.15, -0.1) is 0 Å². The van der Waals surface area contributed by atoms with Gasteiger partial charge in [0.25, 0.3) is 0 Å². The molecule has 0 aliphatic carbocycles. The van der Waals surface area contributed by atoms with Crippen molar-refractivity contribution in [2.24, 2.45) is 0 Å². The highest BCUT2D eigenvalue weighted by molar-refractivity contribution is 7.88. The number of carbonyl (C=O) groups excluding carboxylic acids is 1. The van der Waals surface area contributed by atoms with E-state index in [4.69, 9.17) is 21.1 Å². The number of fused-ring (bicyclic) bond motifs is 1. The van der Waals surface area contributed by atoms with Gasteiger partial charge in [0.1, 0.15) is 5.60 Å². The van der Waals surface area contributed by atoms with Crippen LogP contribution in [0, 0.1) is 0 Å². The third kappa shape index (κ3) is 5.24. The van der Waals surface area contributed by atoms with E-state index in [0.29, 0.717) is 27.8 Å². The first-order chi connectivity index (χ1) is 18.4. The molecule has 8 nitrogen and oxygen atoms in total. The van der Waals surface area contributed by atoms with Crippen LogP contribution in [-0.4, -0.2) is 56.3 Å². The number of amides is 1. The Hall–Kier alpha value is -3.11. The summed E-state index contributed by atoms with van der Waals surface area (Å²) < 4.78 is 36.4. The van der Waals surface area contributed by atoms with Crippen LogP contribution in [0.3, 0.4) is 0 Å². The standard InChI is InChI=1S/C29H31ClN2O6S/c1-18(2)38-26-15-24-20(13-25(26)37-3)14-27(33)32(28(24)19-5-9-22(30)10-6-19)23-11-7-21(8-12-23)29(34)16-31(17-29)39(4,35)36/h5-13,15,18,28,34H,14,16-17H2,1-4H3. The number of hydrogen-bond donors (Lipinski definition) is 1. The molecule has 1 atom stereocenters. The molecule has 2 aliphatic heterocycles. The highest BCUT2D eigenvalue weighted by atomic mass is 35.5. The Balaban J connectivity index is 1.56. The predicted octanol–water partition coefficient (Wildman–Crippen LogP) is 4.28. The lowest BCUT2D eigenvalue weighted by atomic mass is 9.85. The average Bonchev–Trinajstić information content (AvgIpc) is 2.86. The number of aliphatic hydroxyl groups is 1. The van der Waals surface area contributed by atoms with Crippen molar-refractivity contribution in [3.63, 3.8) is 0 Å². The van der Waals surface area contributed by atoms with Crippen molar-refractivity contribution in [1.29, 1.82) is 0 Å². The third-order valence-corrected chi connectivity index (χ3v) is 8.61. The van der Waals surface area contributed by atoms with E-state index in [1.807, 2.05) is 38.1 Å². The van der Waals surface area contributed by atoms with Gasteiger partial charge in [0.2, 0.25) is 15.9 Å². The summed E-state index contributed by atoms with van der Waals surface area (Å²) in [6, 6.07) is 17.8. The van der Waals surface area contributed by atoms with Gasteiger partial charge in [0.05, 0.1) is 31.9 Å². The van der Waals surface area contributed by atoms with E-state index in [0.717, 1.165) is 22.9 Å². The van der Waals surface area contributed by atoms with E-state index in [9.17, 15) is 18.3 Å². The van der Waals surface area contributed by atoms with Crippen LogP contribution in [0.5, 0.6) is 11.5 Å². The number of nitrogens with zero attached hydrogens (tertiary/aromatic N) is 2. The highest BCUT2D eigenvalue weighted by Gasteiger charge is 2.47. The summed E-state index contributed by atoms with van der Waals surface area (Å²) in [6.07, 6.45) is 1.22. The second-order valence-corrected chi connectivity index (χ2v) is 12.8. The first-order valence-corrected chi connectivity index (χ1v) is 14.9. The van der Waals surface area contributed by atoms with Gasteiger partial charge in [0.15, 0.2) is 11.5 Å². The molecule has 39 heavy (non-hydrogen) atoms. The van der Waals surface area contributed by atoms with Crippen molar-refractivity contribution in [1.82, 2.24) is 4.31 Å². The van der Waals surface area contributed by atoms with Crippen molar-refractivity contribution in [2.45, 2.75) is 38.0 Å². The topological polar surface area (TPSA) is 96.4 Å². The van der Waals surface area contributed by atoms with Crippen molar-refractivity contribution >= 4 is 33.2 Å². The van der Waals surface area contributed by atoms with Crippen LogP contribution < -0.4 is 14.4 Å². The van der Waals surface area contributed by atoms with Crippen LogP contribution in [0.15, 0.2) is 60.7 Å². The summed E-state index contributed by atoms with van der Waals surface area (Å²) in [6.45, 7) is 3.88. The number of anilines is 1. The summed E-state index contributed by atoms with van der Waals surface area (Å²) in [7, 11) is -1.79. The quantitative estimate of drug-likeness (QED) is 0.455. The maximum Gasteiger partial charge on any atom is 0.232 e. The zero-order valence-electron chi connectivity index (χ0n) is 22.2. The molecular weight excluding hydrogens is 540 g/mol. The molecule has 3 aromatic carbocycles. The number of ether oxygens (including phenoxy) is 2. The van der Waals surface area contributed by atoms with Gasteiger partial charge in [-0.2, -0.15) is 4.31 Å².